The van der Waals surface area contributed by atoms with Gasteiger partial charge in [-0.15, -0.1) is 0 Å². The molecule has 47 heavy (non-hydrogen) atoms. The van der Waals surface area contributed by atoms with Gasteiger partial charge in [0.05, 0.1) is 25.9 Å². The van der Waals surface area contributed by atoms with Crippen LogP contribution < -0.4 is 0 Å². The zero-order valence-electron chi connectivity index (χ0n) is 23.5. The lowest BCUT2D eigenvalue weighted by Gasteiger charge is -2.49. The number of carbonyl (C=O) groups is 8. The molecule has 0 amide bonds. The normalized spacial score (nSPS) is 31.2. The Bertz CT molecular complexity index is 1270. The van der Waals surface area contributed by atoms with Crippen molar-refractivity contribution in [2.24, 2.45) is 5.92 Å². The summed E-state index contributed by atoms with van der Waals surface area (Å²) in [6.45, 7) is -0.294. The number of aliphatic hydroxyl groups is 7. The maximum absolute atomic E-state index is 13.1. The molecule has 2 heterocycles. The third-order valence-electron chi connectivity index (χ3n) is 5.97. The minimum absolute atomic E-state index is 0.257. The molecule has 1 saturated heterocycles. The van der Waals surface area contributed by atoms with E-state index < -0.39 is 121 Å². The highest BCUT2D eigenvalue weighted by atomic mass is 17.2. The van der Waals surface area contributed by atoms with Crippen LogP contribution in [-0.2, 0) is 82.2 Å². The van der Waals surface area contributed by atoms with Gasteiger partial charge in [0.1, 0.15) is 24.4 Å². The number of hydrogen-bond acceptors (Lipinski definition) is 24. The average Bonchev–Trinajstić information content (AvgIpc) is 3.02. The van der Waals surface area contributed by atoms with E-state index in [9.17, 15) is 69.0 Å². The molecule has 0 aromatic heterocycles. The first-order valence-corrected chi connectivity index (χ1v) is 12.7. The highest BCUT2D eigenvalue weighted by molar-refractivity contribution is 5.95. The number of rotatable bonds is 8. The van der Waals surface area contributed by atoms with Crippen LogP contribution in [-0.4, -0.2) is 132 Å². The second-order valence-corrected chi connectivity index (χ2v) is 9.41. The fourth-order valence-corrected chi connectivity index (χ4v) is 3.68. The highest BCUT2D eigenvalue weighted by Crippen LogP contribution is 2.42. The van der Waals surface area contributed by atoms with Gasteiger partial charge in [0.25, 0.3) is 0 Å². The number of carbonyl (C=O) groups excluding carboxylic acids is 8. The van der Waals surface area contributed by atoms with Gasteiger partial charge in [0.15, 0.2) is 17.6 Å². The second-order valence-electron chi connectivity index (χ2n) is 9.41. The van der Waals surface area contributed by atoms with Crippen LogP contribution in [0.15, 0.2) is 12.2 Å². The first kappa shape index (κ1) is 38.4. The van der Waals surface area contributed by atoms with Crippen molar-refractivity contribution in [2.45, 2.75) is 68.1 Å². The molecule has 262 valence electrons. The van der Waals surface area contributed by atoms with Crippen LogP contribution in [0.2, 0.25) is 0 Å². The Hall–Kier alpha value is -4.82. The van der Waals surface area contributed by atoms with E-state index in [1.165, 1.54) is 0 Å². The van der Waals surface area contributed by atoms with Crippen LogP contribution in [0.3, 0.4) is 0 Å². The number of ether oxygens (including phenoxy) is 1. The first-order chi connectivity index (χ1) is 21.9. The minimum atomic E-state index is -4.05. The molecule has 0 aromatic carbocycles. The van der Waals surface area contributed by atoms with Crippen LogP contribution >= 0.6 is 0 Å². The van der Waals surface area contributed by atoms with Gasteiger partial charge >= 0.3 is 47.8 Å². The number of hydrogen-bond donors (Lipinski definition) is 7. The quantitative estimate of drug-likeness (QED) is 0.0921. The van der Waals surface area contributed by atoms with Crippen LogP contribution in [0.25, 0.3) is 0 Å². The summed E-state index contributed by atoms with van der Waals surface area (Å²) in [4.78, 5) is 129. The lowest BCUT2D eigenvalue weighted by atomic mass is 9.73. The van der Waals surface area contributed by atoms with E-state index in [0.717, 1.165) is 6.92 Å². The van der Waals surface area contributed by atoms with Gasteiger partial charge in [-0.25, -0.2) is 77.5 Å². The predicted molar refractivity (Wildman–Crippen MR) is 127 cm³/mol. The molecule has 0 spiro atoms. The minimum Gasteiger partial charge on any atom is -0.394 e. The maximum atomic E-state index is 13.1. The van der Waals surface area contributed by atoms with Crippen molar-refractivity contribution in [1.29, 1.82) is 0 Å². The van der Waals surface area contributed by atoms with Gasteiger partial charge in [-0.2, -0.15) is 0 Å². The molecular formula is C23H26O24. The van der Waals surface area contributed by atoms with Crippen molar-refractivity contribution in [3.63, 3.8) is 0 Å². The Morgan fingerprint density at radius 2 is 1.32 bits per heavy atom. The number of aliphatic hydroxyl groups excluding tert-OH is 5. The molecule has 24 heteroatoms. The molecular weight excluding hydrogens is 660 g/mol. The van der Waals surface area contributed by atoms with Gasteiger partial charge in [0, 0.05) is 12.2 Å². The second kappa shape index (κ2) is 16.1. The van der Waals surface area contributed by atoms with Crippen LogP contribution in [0, 0.1) is 5.92 Å². The fourth-order valence-electron chi connectivity index (χ4n) is 3.68. The molecule has 0 radical (unpaired) electrons. The summed E-state index contributed by atoms with van der Waals surface area (Å²) >= 11 is 0. The average molecular weight is 686 g/mol. The van der Waals surface area contributed by atoms with E-state index in [4.69, 9.17) is 9.84 Å². The van der Waals surface area contributed by atoms with E-state index in [-0.39, 0.29) is 12.2 Å². The standard InChI is InChI=1S/C23H26O24/c1-8(25)19(34)45-41-11(27)3-2-10(26)40-44-14(30)6-22(37)17(23(38)18(33)16(32)15(31)9(7-24)39-23)20(35)46-42-12(28)4-5-13(29)43-47-21(22)36/h4-5,8-9,15-18,24-25,31-33,37-38H,2-3,6-7H2,1H3/b5-4+/t8?,9-,15-,16+,17?,18-,22?,23?/m1/s1. The molecule has 0 aromatic rings. The summed E-state index contributed by atoms with van der Waals surface area (Å²) in [5.74, 6) is -21.4. The summed E-state index contributed by atoms with van der Waals surface area (Å²) in [6, 6.07) is 0. The van der Waals surface area contributed by atoms with Crippen molar-refractivity contribution in [1.82, 2.24) is 0 Å². The molecule has 2 rings (SSSR count). The van der Waals surface area contributed by atoms with E-state index in [1.807, 2.05) is 0 Å². The van der Waals surface area contributed by atoms with Crippen LogP contribution in [0.4, 0.5) is 0 Å². The van der Waals surface area contributed by atoms with E-state index >= 15 is 0 Å². The van der Waals surface area contributed by atoms with Crippen LogP contribution in [0.5, 0.6) is 0 Å². The van der Waals surface area contributed by atoms with Crippen LogP contribution in [0.1, 0.15) is 26.2 Å². The molecule has 0 aliphatic carbocycles. The molecule has 0 bridgehead atoms. The Labute approximate surface area is 259 Å². The molecule has 2 aliphatic heterocycles. The molecule has 7 N–H and O–H groups in total. The Kier molecular flexibility index (Phi) is 13.2. The molecule has 4 unspecified atom stereocenters. The zero-order chi connectivity index (χ0) is 35.7. The van der Waals surface area contributed by atoms with Crippen molar-refractivity contribution in [2.75, 3.05) is 6.61 Å². The van der Waals surface area contributed by atoms with E-state index in [0.29, 0.717) is 0 Å². The summed E-state index contributed by atoms with van der Waals surface area (Å²) in [5, 5.41) is 71.9. The lowest BCUT2D eigenvalue weighted by Crippen LogP contribution is -2.73. The topological polar surface area (TPSA) is 361 Å². The third kappa shape index (κ3) is 9.59. The Morgan fingerprint density at radius 1 is 0.809 bits per heavy atom. The monoisotopic (exact) mass is 686 g/mol. The van der Waals surface area contributed by atoms with Gasteiger partial charge in [-0.3, -0.25) is 0 Å². The van der Waals surface area contributed by atoms with E-state index in [1.54, 1.807) is 0 Å². The highest BCUT2D eigenvalue weighted by Gasteiger charge is 2.69. The Morgan fingerprint density at radius 3 is 1.85 bits per heavy atom. The zero-order valence-corrected chi connectivity index (χ0v) is 23.5. The van der Waals surface area contributed by atoms with Gasteiger partial charge < -0.3 is 40.5 Å². The van der Waals surface area contributed by atoms with Crippen molar-refractivity contribution in [3.05, 3.63) is 12.2 Å². The van der Waals surface area contributed by atoms with Crippen molar-refractivity contribution < 1.29 is 118 Å². The summed E-state index contributed by atoms with van der Waals surface area (Å²) in [5.41, 5.74) is -4.05. The molecule has 1 fully saturated rings. The fraction of sp³-hybridized carbons (Fsp3) is 0.565. The molecule has 24 nitrogen and oxygen atoms in total. The van der Waals surface area contributed by atoms with Gasteiger partial charge in [-0.05, 0) is 6.92 Å². The molecule has 8 atom stereocenters. The smallest absolute Gasteiger partial charge is 0.388 e. The maximum Gasteiger partial charge on any atom is 0.388 e. The first-order valence-electron chi connectivity index (χ1n) is 12.7. The van der Waals surface area contributed by atoms with Gasteiger partial charge in [-0.1, -0.05) is 0 Å². The van der Waals surface area contributed by atoms with Crippen molar-refractivity contribution in [3.8, 4) is 0 Å². The molecule has 2 aliphatic rings. The third-order valence-corrected chi connectivity index (χ3v) is 5.97. The predicted octanol–water partition coefficient (Wildman–Crippen LogP) is -6.38. The summed E-state index contributed by atoms with van der Waals surface area (Å²) in [6.07, 6.45) is -14.8. The van der Waals surface area contributed by atoms with Gasteiger partial charge in [0.2, 0.25) is 5.79 Å². The SMILES string of the molecule is CC(O)C(=O)OOC(=O)CCC(=O)OOC(=O)CC1(O)C(=O)OOC(=O)/C=C/C(=O)OOC(=O)C1C1(O)O[C@H](CO)[C@@H](O)[C@H](O)[C@H]1O. The van der Waals surface area contributed by atoms with E-state index in [2.05, 4.69) is 39.1 Å². The summed E-state index contributed by atoms with van der Waals surface area (Å²) in [7, 11) is 0. The lowest BCUT2D eigenvalue weighted by molar-refractivity contribution is -0.383. The Balaban J connectivity index is 2.37. The van der Waals surface area contributed by atoms with Crippen molar-refractivity contribution >= 4 is 47.8 Å². The largest absolute Gasteiger partial charge is 0.394 e. The molecule has 0 saturated carbocycles. The summed E-state index contributed by atoms with van der Waals surface area (Å²) < 4.78 is 4.91.